The average molecular weight is 202 g/mol. The van der Waals surface area contributed by atoms with Gasteiger partial charge >= 0.3 is 5.97 Å². The zero-order chi connectivity index (χ0) is 10.1. The summed E-state index contributed by atoms with van der Waals surface area (Å²) >= 11 is 1.03. The summed E-state index contributed by atoms with van der Waals surface area (Å²) in [5, 5.41) is 16.4. The van der Waals surface area contributed by atoms with Gasteiger partial charge in [-0.3, -0.25) is 4.79 Å². The Morgan fingerprint density at radius 3 is 2.54 bits per heavy atom. The molecule has 72 valence electrons. The smallest absolute Gasteiger partial charge is 0.319 e. The van der Waals surface area contributed by atoms with Crippen LogP contribution in [-0.2, 0) is 4.79 Å². The van der Waals surface area contributed by atoms with Gasteiger partial charge in [-0.15, -0.1) is 10.2 Å². The van der Waals surface area contributed by atoms with Crippen molar-refractivity contribution in [2.24, 2.45) is 0 Å². The van der Waals surface area contributed by atoms with Gasteiger partial charge in [0.2, 0.25) is 5.89 Å². The minimum atomic E-state index is -0.945. The highest BCUT2D eigenvalue weighted by Crippen LogP contribution is 2.31. The van der Waals surface area contributed by atoms with Gasteiger partial charge in [0.15, 0.2) is 0 Å². The molecule has 0 aliphatic rings. The molecule has 1 heterocycles. The number of aromatic nitrogens is 2. The van der Waals surface area contributed by atoms with Crippen LogP contribution >= 0.6 is 11.8 Å². The van der Waals surface area contributed by atoms with Crippen LogP contribution in [0.3, 0.4) is 0 Å². The monoisotopic (exact) mass is 202 g/mol. The normalized spacial score (nSPS) is 11.6. The van der Waals surface area contributed by atoms with Crippen LogP contribution in [0.4, 0.5) is 0 Å². The third-order valence-corrected chi connectivity index (χ3v) is 2.39. The number of carboxylic acid groups (broad SMARTS) is 1. The van der Waals surface area contributed by atoms with E-state index >= 15 is 0 Å². The van der Waals surface area contributed by atoms with Crippen molar-refractivity contribution in [3.05, 3.63) is 5.89 Å². The number of aryl methyl sites for hydroxylation is 1. The second-order valence-electron chi connectivity index (χ2n) is 3.00. The number of thioether (sulfide) groups is 1. The Morgan fingerprint density at radius 1 is 1.54 bits per heavy atom. The van der Waals surface area contributed by atoms with E-state index in [2.05, 4.69) is 10.2 Å². The lowest BCUT2D eigenvalue weighted by Gasteiger charge is -2.14. The number of rotatable bonds is 3. The Morgan fingerprint density at radius 2 is 2.15 bits per heavy atom. The Balaban J connectivity index is 2.74. The first-order valence-electron chi connectivity index (χ1n) is 3.64. The van der Waals surface area contributed by atoms with Crippen molar-refractivity contribution in [1.29, 1.82) is 0 Å². The fraction of sp³-hybridized carbons (Fsp3) is 0.571. The quantitative estimate of drug-likeness (QED) is 0.745. The molecule has 0 amide bonds. The van der Waals surface area contributed by atoms with E-state index < -0.39 is 10.7 Å². The van der Waals surface area contributed by atoms with Crippen LogP contribution in [0.1, 0.15) is 19.7 Å². The zero-order valence-corrected chi connectivity index (χ0v) is 8.38. The van der Waals surface area contributed by atoms with Crippen molar-refractivity contribution in [1.82, 2.24) is 10.2 Å². The highest BCUT2D eigenvalue weighted by Gasteiger charge is 2.30. The molecule has 0 saturated heterocycles. The number of hydrogen-bond donors (Lipinski definition) is 1. The molecule has 6 heteroatoms. The van der Waals surface area contributed by atoms with Crippen molar-refractivity contribution in [2.75, 3.05) is 0 Å². The van der Waals surface area contributed by atoms with Gasteiger partial charge in [-0.05, 0) is 25.6 Å². The van der Waals surface area contributed by atoms with Crippen molar-refractivity contribution in [3.63, 3.8) is 0 Å². The Labute approximate surface area is 79.5 Å². The second kappa shape index (κ2) is 3.37. The standard InChI is InChI=1S/C7H10N2O3S/c1-4-8-9-6(12-4)13-7(2,3)5(10)11/h1-3H3,(H,10,11). The van der Waals surface area contributed by atoms with Gasteiger partial charge < -0.3 is 9.52 Å². The number of hydrogen-bond acceptors (Lipinski definition) is 5. The SMILES string of the molecule is Cc1nnc(SC(C)(C)C(=O)O)o1. The molecule has 0 radical (unpaired) electrons. The van der Waals surface area contributed by atoms with Crippen LogP contribution < -0.4 is 0 Å². The fourth-order valence-corrected chi connectivity index (χ4v) is 1.35. The molecule has 1 aromatic rings. The molecule has 1 rings (SSSR count). The molecular weight excluding hydrogens is 192 g/mol. The van der Waals surface area contributed by atoms with Crippen LogP contribution in [0, 0.1) is 6.92 Å². The Kier molecular flexibility index (Phi) is 2.60. The molecular formula is C7H10N2O3S. The first-order chi connectivity index (χ1) is 5.92. The van der Waals surface area contributed by atoms with Gasteiger partial charge in [-0.2, -0.15) is 0 Å². The minimum Gasteiger partial charge on any atom is -0.480 e. The van der Waals surface area contributed by atoms with Crippen molar-refractivity contribution < 1.29 is 14.3 Å². The fourth-order valence-electron chi connectivity index (χ4n) is 0.582. The summed E-state index contributed by atoms with van der Waals surface area (Å²) in [6, 6.07) is 0. The lowest BCUT2D eigenvalue weighted by Crippen LogP contribution is -2.26. The highest BCUT2D eigenvalue weighted by molar-refractivity contribution is 8.01. The first kappa shape index (κ1) is 10.0. The van der Waals surface area contributed by atoms with Crippen molar-refractivity contribution >= 4 is 17.7 Å². The largest absolute Gasteiger partial charge is 0.480 e. The van der Waals surface area contributed by atoms with E-state index in [0.717, 1.165) is 11.8 Å². The van der Waals surface area contributed by atoms with Crippen molar-refractivity contribution in [2.45, 2.75) is 30.7 Å². The lowest BCUT2D eigenvalue weighted by atomic mass is 10.2. The minimum absolute atomic E-state index is 0.282. The summed E-state index contributed by atoms with van der Waals surface area (Å²) in [5.41, 5.74) is 0. The summed E-state index contributed by atoms with van der Waals surface area (Å²) in [6.45, 7) is 4.82. The Hall–Kier alpha value is -1.04. The van der Waals surface area contributed by atoms with E-state index in [1.54, 1.807) is 20.8 Å². The molecule has 0 unspecified atom stereocenters. The number of nitrogens with zero attached hydrogens (tertiary/aromatic N) is 2. The van der Waals surface area contributed by atoms with Crippen LogP contribution in [0.15, 0.2) is 9.64 Å². The van der Waals surface area contributed by atoms with Gasteiger partial charge in [0.25, 0.3) is 5.22 Å². The third kappa shape index (κ3) is 2.45. The summed E-state index contributed by atoms with van der Waals surface area (Å²) in [4.78, 5) is 10.7. The van der Waals surface area contributed by atoms with Gasteiger partial charge in [0.05, 0.1) is 0 Å². The predicted molar refractivity (Wildman–Crippen MR) is 46.6 cm³/mol. The van der Waals surface area contributed by atoms with Gasteiger partial charge in [-0.1, -0.05) is 0 Å². The maximum absolute atomic E-state index is 10.7. The second-order valence-corrected chi connectivity index (χ2v) is 4.58. The molecule has 1 aromatic heterocycles. The highest BCUT2D eigenvalue weighted by atomic mass is 32.2. The molecule has 0 aliphatic carbocycles. The van der Waals surface area contributed by atoms with E-state index in [-0.39, 0.29) is 5.22 Å². The summed E-state index contributed by atoms with van der Waals surface area (Å²) in [7, 11) is 0. The summed E-state index contributed by atoms with van der Waals surface area (Å²) in [6.07, 6.45) is 0. The molecule has 0 bridgehead atoms. The predicted octanol–water partition coefficient (Wildman–Crippen LogP) is 1.33. The maximum atomic E-state index is 10.7. The maximum Gasteiger partial charge on any atom is 0.319 e. The zero-order valence-electron chi connectivity index (χ0n) is 7.57. The van der Waals surface area contributed by atoms with E-state index in [1.807, 2.05) is 0 Å². The van der Waals surface area contributed by atoms with Crippen LogP contribution in [0.5, 0.6) is 0 Å². The van der Waals surface area contributed by atoms with E-state index in [4.69, 9.17) is 9.52 Å². The van der Waals surface area contributed by atoms with Gasteiger partial charge in [-0.25, -0.2) is 0 Å². The third-order valence-electron chi connectivity index (χ3n) is 1.36. The molecule has 0 spiro atoms. The molecule has 0 atom stereocenters. The van der Waals surface area contributed by atoms with Crippen LogP contribution in [0.25, 0.3) is 0 Å². The lowest BCUT2D eigenvalue weighted by molar-refractivity contribution is -0.138. The molecule has 0 fully saturated rings. The van der Waals surface area contributed by atoms with Crippen molar-refractivity contribution in [3.8, 4) is 0 Å². The number of carboxylic acids is 1. The molecule has 1 N–H and O–H groups in total. The number of carbonyl (C=O) groups is 1. The molecule has 0 saturated carbocycles. The van der Waals surface area contributed by atoms with Crippen LogP contribution in [0.2, 0.25) is 0 Å². The van der Waals surface area contributed by atoms with E-state index in [0.29, 0.717) is 5.89 Å². The molecule has 13 heavy (non-hydrogen) atoms. The van der Waals surface area contributed by atoms with Gasteiger partial charge in [0.1, 0.15) is 4.75 Å². The topological polar surface area (TPSA) is 76.2 Å². The van der Waals surface area contributed by atoms with E-state index in [1.165, 1.54) is 0 Å². The molecule has 0 aliphatic heterocycles. The van der Waals surface area contributed by atoms with E-state index in [9.17, 15) is 4.79 Å². The number of aliphatic carboxylic acids is 1. The first-order valence-corrected chi connectivity index (χ1v) is 4.46. The molecule has 0 aromatic carbocycles. The Bertz CT molecular complexity index is 321. The summed E-state index contributed by atoms with van der Waals surface area (Å²) < 4.78 is 4.10. The van der Waals surface area contributed by atoms with Gasteiger partial charge in [0, 0.05) is 6.92 Å². The summed E-state index contributed by atoms with van der Waals surface area (Å²) in [5.74, 6) is -0.475. The average Bonchev–Trinajstić information content (AvgIpc) is 2.34. The molecule has 5 nitrogen and oxygen atoms in total. The van der Waals surface area contributed by atoms with Crippen LogP contribution in [-0.4, -0.2) is 26.0 Å².